The van der Waals surface area contributed by atoms with Crippen molar-refractivity contribution in [1.82, 2.24) is 10.6 Å². The molecule has 0 saturated carbocycles. The van der Waals surface area contributed by atoms with Crippen molar-refractivity contribution in [3.63, 3.8) is 0 Å². The normalized spacial score (nSPS) is 11.9. The molecule has 1 unspecified atom stereocenters. The lowest BCUT2D eigenvalue weighted by Gasteiger charge is -2.18. The van der Waals surface area contributed by atoms with Gasteiger partial charge < -0.3 is 15.4 Å². The highest BCUT2D eigenvalue weighted by Crippen LogP contribution is 2.17. The maximum atomic E-state index is 13.6. The standard InChI is InChI=1S/C19H23FN4O3.HI/c1-3-21-19(23-13-15-7-6-8-16(11-15)24(25)26)22-12-14(2)27-18-10-5-4-9-17(18)20;/h4-11,14H,3,12-13H2,1-2H3,(H2,21,22,23);1H. The third-order valence-electron chi connectivity index (χ3n) is 3.61. The number of non-ortho nitro benzene ring substituents is 1. The number of nitrogens with zero attached hydrogens (tertiary/aromatic N) is 2. The van der Waals surface area contributed by atoms with Crippen LogP contribution in [0.2, 0.25) is 0 Å². The summed E-state index contributed by atoms with van der Waals surface area (Å²) >= 11 is 0. The number of benzene rings is 2. The number of halogens is 2. The molecule has 0 aliphatic rings. The Balaban J connectivity index is 0.00000392. The lowest BCUT2D eigenvalue weighted by Crippen LogP contribution is -2.41. The van der Waals surface area contributed by atoms with E-state index in [1.807, 2.05) is 13.8 Å². The Bertz CT molecular complexity index is 804. The minimum atomic E-state index is -0.432. The summed E-state index contributed by atoms with van der Waals surface area (Å²) in [6.45, 7) is 5.12. The number of nitro groups is 1. The fourth-order valence-electron chi connectivity index (χ4n) is 2.32. The van der Waals surface area contributed by atoms with E-state index < -0.39 is 10.7 Å². The molecule has 0 spiro atoms. The van der Waals surface area contributed by atoms with E-state index in [4.69, 9.17) is 4.74 Å². The van der Waals surface area contributed by atoms with Gasteiger partial charge in [-0.3, -0.25) is 10.1 Å². The van der Waals surface area contributed by atoms with E-state index in [2.05, 4.69) is 15.6 Å². The van der Waals surface area contributed by atoms with Crippen molar-refractivity contribution in [2.75, 3.05) is 13.1 Å². The predicted octanol–water partition coefficient (Wildman–Crippen LogP) is 3.87. The monoisotopic (exact) mass is 502 g/mol. The van der Waals surface area contributed by atoms with Gasteiger partial charge in [0.2, 0.25) is 0 Å². The van der Waals surface area contributed by atoms with Crippen molar-refractivity contribution >= 4 is 35.6 Å². The van der Waals surface area contributed by atoms with Crippen LogP contribution in [0.4, 0.5) is 10.1 Å². The number of nitrogens with one attached hydrogen (secondary N) is 2. The highest BCUT2D eigenvalue weighted by Gasteiger charge is 2.09. The number of nitro benzene ring substituents is 1. The topological polar surface area (TPSA) is 88.8 Å². The second kappa shape index (κ2) is 12.1. The van der Waals surface area contributed by atoms with Gasteiger partial charge in [0.15, 0.2) is 17.5 Å². The van der Waals surface area contributed by atoms with Gasteiger partial charge in [0, 0.05) is 18.7 Å². The summed E-state index contributed by atoms with van der Waals surface area (Å²) in [6, 6.07) is 12.6. The summed E-state index contributed by atoms with van der Waals surface area (Å²) in [6.07, 6.45) is -0.288. The summed E-state index contributed by atoms with van der Waals surface area (Å²) in [5.41, 5.74) is 0.768. The van der Waals surface area contributed by atoms with E-state index in [9.17, 15) is 14.5 Å². The van der Waals surface area contributed by atoms with Gasteiger partial charge >= 0.3 is 0 Å². The van der Waals surface area contributed by atoms with Gasteiger partial charge in [-0.1, -0.05) is 24.3 Å². The van der Waals surface area contributed by atoms with Gasteiger partial charge in [-0.05, 0) is 31.5 Å². The Morgan fingerprint density at radius 2 is 2.00 bits per heavy atom. The van der Waals surface area contributed by atoms with Crippen molar-refractivity contribution in [2.45, 2.75) is 26.5 Å². The third-order valence-corrected chi connectivity index (χ3v) is 3.61. The second-order valence-corrected chi connectivity index (χ2v) is 5.86. The highest BCUT2D eigenvalue weighted by molar-refractivity contribution is 14.0. The molecule has 0 aromatic heterocycles. The fraction of sp³-hybridized carbons (Fsp3) is 0.316. The van der Waals surface area contributed by atoms with Gasteiger partial charge in [0.1, 0.15) is 6.10 Å². The molecule has 0 heterocycles. The molecule has 0 fully saturated rings. The number of ether oxygens (including phenoxy) is 1. The van der Waals surface area contributed by atoms with Crippen LogP contribution in [0.25, 0.3) is 0 Å². The Morgan fingerprint density at radius 1 is 1.25 bits per heavy atom. The van der Waals surface area contributed by atoms with E-state index in [1.165, 1.54) is 18.2 Å². The zero-order chi connectivity index (χ0) is 19.6. The number of hydrogen-bond acceptors (Lipinski definition) is 4. The molecule has 2 aromatic carbocycles. The summed E-state index contributed by atoms with van der Waals surface area (Å²) in [5.74, 6) is 0.342. The van der Waals surface area contributed by atoms with Gasteiger partial charge in [0.05, 0.1) is 18.0 Å². The molecule has 0 aliphatic carbocycles. The first-order valence-electron chi connectivity index (χ1n) is 8.66. The van der Waals surface area contributed by atoms with E-state index in [1.54, 1.807) is 30.3 Å². The average Bonchev–Trinajstić information content (AvgIpc) is 2.66. The molecule has 2 aromatic rings. The Labute approximate surface area is 180 Å². The van der Waals surface area contributed by atoms with Gasteiger partial charge in [-0.25, -0.2) is 9.38 Å². The molecular weight excluding hydrogens is 478 g/mol. The summed E-state index contributed by atoms with van der Waals surface area (Å²) < 4.78 is 19.2. The number of hydrogen-bond donors (Lipinski definition) is 2. The van der Waals surface area contributed by atoms with Crippen molar-refractivity contribution in [2.24, 2.45) is 4.99 Å². The lowest BCUT2D eigenvalue weighted by molar-refractivity contribution is -0.384. The average molecular weight is 502 g/mol. The highest BCUT2D eigenvalue weighted by atomic mass is 127. The maximum absolute atomic E-state index is 13.6. The quantitative estimate of drug-likeness (QED) is 0.188. The van der Waals surface area contributed by atoms with Crippen LogP contribution in [-0.4, -0.2) is 30.1 Å². The van der Waals surface area contributed by atoms with Crippen molar-refractivity contribution < 1.29 is 14.1 Å². The predicted molar refractivity (Wildman–Crippen MR) is 118 cm³/mol. The minimum absolute atomic E-state index is 0. The van der Waals surface area contributed by atoms with Gasteiger partial charge in [-0.15, -0.1) is 24.0 Å². The first kappa shape index (κ1) is 23.6. The van der Waals surface area contributed by atoms with Crippen molar-refractivity contribution in [3.8, 4) is 5.75 Å². The van der Waals surface area contributed by atoms with Crippen LogP contribution in [0.15, 0.2) is 53.5 Å². The van der Waals surface area contributed by atoms with Gasteiger partial charge in [-0.2, -0.15) is 0 Å². The van der Waals surface area contributed by atoms with E-state index in [0.717, 1.165) is 5.56 Å². The van der Waals surface area contributed by atoms with Crippen molar-refractivity contribution in [1.29, 1.82) is 0 Å². The zero-order valence-corrected chi connectivity index (χ0v) is 18.1. The minimum Gasteiger partial charge on any atom is -0.486 e. The van der Waals surface area contributed by atoms with Crippen LogP contribution in [0.5, 0.6) is 5.75 Å². The number of aliphatic imine (C=N–C) groups is 1. The molecule has 7 nitrogen and oxygen atoms in total. The Hall–Kier alpha value is -2.43. The molecule has 0 amide bonds. The Morgan fingerprint density at radius 3 is 2.68 bits per heavy atom. The largest absolute Gasteiger partial charge is 0.486 e. The van der Waals surface area contributed by atoms with E-state index in [-0.39, 0.29) is 41.5 Å². The van der Waals surface area contributed by atoms with Crippen LogP contribution in [0, 0.1) is 15.9 Å². The Kier molecular flexibility index (Phi) is 10.2. The van der Waals surface area contributed by atoms with Crippen LogP contribution in [0.1, 0.15) is 19.4 Å². The smallest absolute Gasteiger partial charge is 0.269 e. The zero-order valence-electron chi connectivity index (χ0n) is 15.7. The number of guanidine groups is 1. The maximum Gasteiger partial charge on any atom is 0.269 e. The summed E-state index contributed by atoms with van der Waals surface area (Å²) in [4.78, 5) is 14.8. The molecular formula is C19H24FIN4O3. The SMILES string of the molecule is CCNC(=NCc1cccc([N+](=O)[O-])c1)NCC(C)Oc1ccccc1F.I. The molecule has 0 radical (unpaired) electrons. The molecule has 1 atom stereocenters. The number of rotatable bonds is 8. The van der Waals surface area contributed by atoms with Crippen molar-refractivity contribution in [3.05, 3.63) is 70.0 Å². The lowest BCUT2D eigenvalue weighted by atomic mass is 10.2. The van der Waals surface area contributed by atoms with Crippen LogP contribution in [0.3, 0.4) is 0 Å². The molecule has 9 heteroatoms. The summed E-state index contributed by atoms with van der Waals surface area (Å²) in [5, 5.41) is 17.1. The number of para-hydroxylation sites is 1. The summed E-state index contributed by atoms with van der Waals surface area (Å²) in [7, 11) is 0. The first-order valence-corrected chi connectivity index (χ1v) is 8.66. The van der Waals surface area contributed by atoms with Gasteiger partial charge in [0.25, 0.3) is 5.69 Å². The molecule has 0 saturated heterocycles. The third kappa shape index (κ3) is 7.67. The molecule has 2 N–H and O–H groups in total. The first-order chi connectivity index (χ1) is 13.0. The van der Waals surface area contributed by atoms with Crippen LogP contribution >= 0.6 is 24.0 Å². The molecule has 2 rings (SSSR count). The van der Waals surface area contributed by atoms with E-state index >= 15 is 0 Å². The van der Waals surface area contributed by atoms with E-state index in [0.29, 0.717) is 25.6 Å². The second-order valence-electron chi connectivity index (χ2n) is 5.86. The van der Waals surface area contributed by atoms with Crippen LogP contribution in [-0.2, 0) is 6.54 Å². The fourth-order valence-corrected chi connectivity index (χ4v) is 2.32. The molecule has 152 valence electrons. The molecule has 0 bridgehead atoms. The molecule has 0 aliphatic heterocycles. The van der Waals surface area contributed by atoms with Crippen LogP contribution < -0.4 is 15.4 Å². The molecule has 28 heavy (non-hydrogen) atoms.